The van der Waals surface area contributed by atoms with Gasteiger partial charge in [-0.3, -0.25) is 4.79 Å². The van der Waals surface area contributed by atoms with E-state index in [1.165, 1.54) is 27.8 Å². The maximum absolute atomic E-state index is 11.8. The molecule has 0 saturated carbocycles. The van der Waals surface area contributed by atoms with Crippen molar-refractivity contribution in [3.05, 3.63) is 113 Å². The van der Waals surface area contributed by atoms with Crippen LogP contribution in [-0.4, -0.2) is 5.78 Å². The zero-order valence-electron chi connectivity index (χ0n) is 17.1. The van der Waals surface area contributed by atoms with Gasteiger partial charge < -0.3 is 0 Å². The molecule has 0 saturated heterocycles. The van der Waals surface area contributed by atoms with E-state index in [9.17, 15) is 4.79 Å². The molecule has 3 aromatic rings. The number of ketones is 1. The highest BCUT2D eigenvalue weighted by Crippen LogP contribution is 2.35. The van der Waals surface area contributed by atoms with Gasteiger partial charge in [-0.1, -0.05) is 84.9 Å². The van der Waals surface area contributed by atoms with Crippen LogP contribution in [0.2, 0.25) is 0 Å². The molecule has 29 heavy (non-hydrogen) atoms. The summed E-state index contributed by atoms with van der Waals surface area (Å²) >= 11 is 0. The van der Waals surface area contributed by atoms with Crippen molar-refractivity contribution in [1.29, 1.82) is 0 Å². The van der Waals surface area contributed by atoms with Crippen LogP contribution in [0.3, 0.4) is 0 Å². The van der Waals surface area contributed by atoms with Gasteiger partial charge in [0.1, 0.15) is 0 Å². The fourth-order valence-electron chi connectivity index (χ4n) is 4.35. The van der Waals surface area contributed by atoms with Crippen LogP contribution in [-0.2, 0) is 12.8 Å². The van der Waals surface area contributed by atoms with Crippen molar-refractivity contribution in [2.45, 2.75) is 39.0 Å². The molecule has 1 atom stereocenters. The lowest BCUT2D eigenvalue weighted by molar-refractivity contribution is 0.101. The minimum absolute atomic E-state index is 0.168. The normalized spacial score (nSPS) is 15.9. The number of carbonyl (C=O) groups is 1. The summed E-state index contributed by atoms with van der Waals surface area (Å²) in [6, 6.07) is 27.8. The second-order valence-corrected chi connectivity index (χ2v) is 8.15. The summed E-state index contributed by atoms with van der Waals surface area (Å²) < 4.78 is 0. The second kappa shape index (κ2) is 9.05. The molecule has 0 spiro atoms. The van der Waals surface area contributed by atoms with Gasteiger partial charge in [0.2, 0.25) is 0 Å². The zero-order chi connectivity index (χ0) is 20.1. The Morgan fingerprint density at radius 3 is 2.31 bits per heavy atom. The smallest absolute Gasteiger partial charge is 0.160 e. The molecular formula is C28H28O. The van der Waals surface area contributed by atoms with E-state index in [0.717, 1.165) is 37.7 Å². The molecule has 0 heterocycles. The van der Waals surface area contributed by atoms with Gasteiger partial charge in [0.15, 0.2) is 5.78 Å². The minimum atomic E-state index is 0.168. The third-order valence-electron chi connectivity index (χ3n) is 6.00. The molecule has 1 aliphatic carbocycles. The number of hydrogen-bond donors (Lipinski definition) is 0. The maximum Gasteiger partial charge on any atom is 0.160 e. The van der Waals surface area contributed by atoms with Crippen LogP contribution in [0.5, 0.6) is 0 Å². The van der Waals surface area contributed by atoms with Gasteiger partial charge in [-0.25, -0.2) is 0 Å². The van der Waals surface area contributed by atoms with Gasteiger partial charge in [0.25, 0.3) is 0 Å². The highest BCUT2D eigenvalue weighted by molar-refractivity contribution is 5.95. The fourth-order valence-corrected chi connectivity index (χ4v) is 4.35. The SMILES string of the molecule is CC(=O)c1ccccc1CCC1CC=C(c2ccc(Cc3ccccc3)cc2)C1. The summed E-state index contributed by atoms with van der Waals surface area (Å²) in [5.74, 6) is 0.843. The monoisotopic (exact) mass is 380 g/mol. The van der Waals surface area contributed by atoms with Crippen LogP contribution >= 0.6 is 0 Å². The lowest BCUT2D eigenvalue weighted by Crippen LogP contribution is -2.03. The number of rotatable bonds is 7. The molecule has 146 valence electrons. The van der Waals surface area contributed by atoms with E-state index in [0.29, 0.717) is 5.92 Å². The molecule has 1 nitrogen and oxygen atoms in total. The molecule has 4 rings (SSSR count). The molecule has 1 aliphatic rings. The Labute approximate surface area is 174 Å². The first-order valence-corrected chi connectivity index (χ1v) is 10.6. The Hall–Kier alpha value is -2.93. The van der Waals surface area contributed by atoms with Crippen molar-refractivity contribution in [1.82, 2.24) is 0 Å². The number of Topliss-reactive ketones (excluding diaryl/α,β-unsaturated/α-hetero) is 1. The van der Waals surface area contributed by atoms with E-state index in [4.69, 9.17) is 0 Å². The van der Waals surface area contributed by atoms with Crippen LogP contribution in [0.25, 0.3) is 5.57 Å². The van der Waals surface area contributed by atoms with Crippen LogP contribution in [0.4, 0.5) is 0 Å². The number of hydrogen-bond acceptors (Lipinski definition) is 1. The van der Waals surface area contributed by atoms with E-state index >= 15 is 0 Å². The lowest BCUT2D eigenvalue weighted by atomic mass is 9.92. The van der Waals surface area contributed by atoms with Gasteiger partial charge in [0.05, 0.1) is 0 Å². The molecule has 0 radical (unpaired) electrons. The van der Waals surface area contributed by atoms with Crippen LogP contribution in [0, 0.1) is 5.92 Å². The minimum Gasteiger partial charge on any atom is -0.295 e. The summed E-state index contributed by atoms with van der Waals surface area (Å²) in [4.78, 5) is 11.8. The van der Waals surface area contributed by atoms with Crippen molar-refractivity contribution in [3.63, 3.8) is 0 Å². The topological polar surface area (TPSA) is 17.1 Å². The van der Waals surface area contributed by atoms with E-state index in [-0.39, 0.29) is 5.78 Å². The highest BCUT2D eigenvalue weighted by Gasteiger charge is 2.19. The molecule has 0 aliphatic heterocycles. The van der Waals surface area contributed by atoms with Crippen molar-refractivity contribution in [2.24, 2.45) is 5.92 Å². The van der Waals surface area contributed by atoms with Gasteiger partial charge in [-0.15, -0.1) is 0 Å². The van der Waals surface area contributed by atoms with Crippen LogP contribution in [0.15, 0.2) is 84.9 Å². The summed E-state index contributed by atoms with van der Waals surface area (Å²) in [5, 5.41) is 0. The molecule has 0 bridgehead atoms. The largest absolute Gasteiger partial charge is 0.295 e. The van der Waals surface area contributed by atoms with Gasteiger partial charge >= 0.3 is 0 Å². The molecule has 0 fully saturated rings. The van der Waals surface area contributed by atoms with Crippen molar-refractivity contribution in [2.75, 3.05) is 0 Å². The van der Waals surface area contributed by atoms with Crippen molar-refractivity contribution < 1.29 is 4.79 Å². The quantitative estimate of drug-likeness (QED) is 0.407. The molecule has 3 aromatic carbocycles. The van der Waals surface area contributed by atoms with Gasteiger partial charge in [-0.2, -0.15) is 0 Å². The Bertz CT molecular complexity index is 996. The maximum atomic E-state index is 11.8. The van der Waals surface area contributed by atoms with Crippen LogP contribution < -0.4 is 0 Å². The lowest BCUT2D eigenvalue weighted by Gasteiger charge is -2.12. The standard InChI is InChI=1S/C28H28O/c1-21(29)28-10-6-5-9-26(28)17-13-24-14-18-27(20-24)25-15-11-23(12-16-25)19-22-7-3-2-4-8-22/h2-12,15-16,18,24H,13-14,17,19-20H2,1H3. The highest BCUT2D eigenvalue weighted by atomic mass is 16.1. The summed E-state index contributed by atoms with van der Waals surface area (Å²) in [6.07, 6.45) is 7.80. The average Bonchev–Trinajstić information content (AvgIpc) is 3.23. The third-order valence-corrected chi connectivity index (χ3v) is 6.00. The van der Waals surface area contributed by atoms with E-state index in [1.54, 1.807) is 6.92 Å². The van der Waals surface area contributed by atoms with Gasteiger partial charge in [0, 0.05) is 5.56 Å². The molecule has 0 amide bonds. The number of allylic oxidation sites excluding steroid dienone is 2. The summed E-state index contributed by atoms with van der Waals surface area (Å²) in [7, 11) is 0. The molecule has 0 N–H and O–H groups in total. The zero-order valence-corrected chi connectivity index (χ0v) is 17.1. The molecular weight excluding hydrogens is 352 g/mol. The summed E-state index contributed by atoms with van der Waals surface area (Å²) in [5.41, 5.74) is 7.61. The number of aryl methyl sites for hydroxylation is 1. The third kappa shape index (κ3) is 4.92. The first-order valence-electron chi connectivity index (χ1n) is 10.6. The second-order valence-electron chi connectivity index (χ2n) is 8.15. The first kappa shape index (κ1) is 19.4. The van der Waals surface area contributed by atoms with Crippen molar-refractivity contribution in [3.8, 4) is 0 Å². The predicted octanol–water partition coefficient (Wildman–Crippen LogP) is 6.91. The Balaban J connectivity index is 1.33. The average molecular weight is 381 g/mol. The summed E-state index contributed by atoms with van der Waals surface area (Å²) in [6.45, 7) is 1.66. The van der Waals surface area contributed by atoms with E-state index < -0.39 is 0 Å². The number of carbonyl (C=O) groups excluding carboxylic acids is 1. The first-order chi connectivity index (χ1) is 14.2. The molecule has 0 aromatic heterocycles. The van der Waals surface area contributed by atoms with E-state index in [1.807, 2.05) is 18.2 Å². The Morgan fingerprint density at radius 1 is 0.862 bits per heavy atom. The Morgan fingerprint density at radius 2 is 1.55 bits per heavy atom. The van der Waals surface area contributed by atoms with Gasteiger partial charge in [-0.05, 0) is 72.8 Å². The van der Waals surface area contributed by atoms with Crippen LogP contribution in [0.1, 0.15) is 58.8 Å². The van der Waals surface area contributed by atoms with Crippen molar-refractivity contribution >= 4 is 11.4 Å². The molecule has 1 heteroatoms. The predicted molar refractivity (Wildman–Crippen MR) is 121 cm³/mol. The fraction of sp³-hybridized carbons (Fsp3) is 0.250. The molecule has 1 unspecified atom stereocenters. The van der Waals surface area contributed by atoms with E-state index in [2.05, 4.69) is 66.7 Å². The Kier molecular flexibility index (Phi) is 6.05. The number of benzene rings is 3.